The Morgan fingerprint density at radius 2 is 1.91 bits per heavy atom. The third-order valence-electron chi connectivity index (χ3n) is 3.04. The van der Waals surface area contributed by atoms with E-state index in [4.69, 9.17) is 4.74 Å². The minimum atomic E-state index is -0.243. The van der Waals surface area contributed by atoms with Gasteiger partial charge in [0.1, 0.15) is 5.75 Å². The number of carbonyl (C=O) groups is 2. The highest BCUT2D eigenvalue weighted by atomic mass is 32.1. The van der Waals surface area contributed by atoms with Crippen molar-refractivity contribution in [1.29, 1.82) is 0 Å². The number of nitrogens with one attached hydrogen (secondary N) is 2. The van der Waals surface area contributed by atoms with Crippen molar-refractivity contribution in [3.63, 3.8) is 0 Å². The van der Waals surface area contributed by atoms with Crippen LogP contribution in [-0.4, -0.2) is 25.5 Å². The van der Waals surface area contributed by atoms with Gasteiger partial charge in [0.25, 0.3) is 5.91 Å². The Bertz CT molecular complexity index is 667. The number of carbonyl (C=O) groups excluding carboxylic acids is 2. The first kappa shape index (κ1) is 16.0. The number of amides is 2. The van der Waals surface area contributed by atoms with E-state index in [0.717, 1.165) is 16.2 Å². The van der Waals surface area contributed by atoms with Gasteiger partial charge in [0.15, 0.2) is 0 Å². The van der Waals surface area contributed by atoms with Crippen molar-refractivity contribution >= 4 is 23.2 Å². The molecule has 22 heavy (non-hydrogen) atoms. The Hall–Kier alpha value is -2.34. The first-order valence-electron chi connectivity index (χ1n) is 6.83. The number of thiophene rings is 1. The fraction of sp³-hybridized carbons (Fsp3) is 0.250. The largest absolute Gasteiger partial charge is 0.496 e. The molecule has 2 N–H and O–H groups in total. The van der Waals surface area contributed by atoms with Crippen LogP contribution in [0.2, 0.25) is 0 Å². The summed E-state index contributed by atoms with van der Waals surface area (Å²) in [5.41, 5.74) is 0.888. The molecule has 2 rings (SSSR count). The molecule has 0 fully saturated rings. The molecule has 0 spiro atoms. The van der Waals surface area contributed by atoms with E-state index < -0.39 is 0 Å². The normalized spacial score (nSPS) is 10.1. The average molecular weight is 318 g/mol. The Kier molecular flexibility index (Phi) is 5.55. The van der Waals surface area contributed by atoms with Crippen molar-refractivity contribution in [3.8, 4) is 5.75 Å². The lowest BCUT2D eigenvalue weighted by Crippen LogP contribution is -2.36. The van der Waals surface area contributed by atoms with E-state index in [1.165, 1.54) is 11.3 Å². The van der Waals surface area contributed by atoms with Gasteiger partial charge in [-0.2, -0.15) is 0 Å². The molecule has 0 radical (unpaired) electrons. The van der Waals surface area contributed by atoms with Gasteiger partial charge in [0.05, 0.1) is 18.5 Å². The first-order valence-corrected chi connectivity index (χ1v) is 7.65. The van der Waals surface area contributed by atoms with Crippen molar-refractivity contribution in [2.75, 3.05) is 13.7 Å². The van der Waals surface area contributed by atoms with Crippen LogP contribution < -0.4 is 15.4 Å². The van der Waals surface area contributed by atoms with Crippen molar-refractivity contribution in [1.82, 2.24) is 10.6 Å². The van der Waals surface area contributed by atoms with Crippen LogP contribution in [0.5, 0.6) is 5.75 Å². The van der Waals surface area contributed by atoms with Gasteiger partial charge in [0.2, 0.25) is 5.91 Å². The lowest BCUT2D eigenvalue weighted by Gasteiger charge is -2.09. The molecule has 0 saturated carbocycles. The third kappa shape index (κ3) is 4.33. The van der Waals surface area contributed by atoms with Crippen molar-refractivity contribution in [2.45, 2.75) is 13.5 Å². The summed E-state index contributed by atoms with van der Waals surface area (Å²) in [5, 5.41) is 5.36. The lowest BCUT2D eigenvalue weighted by atomic mass is 10.2. The predicted octanol–water partition coefficient (Wildman–Crippen LogP) is 2.11. The number of hydrogen-bond donors (Lipinski definition) is 2. The first-order chi connectivity index (χ1) is 10.6. The maximum atomic E-state index is 11.8. The molecule has 2 aromatic rings. The summed E-state index contributed by atoms with van der Waals surface area (Å²) in [5.74, 6) is 0.249. The fourth-order valence-corrected chi connectivity index (χ4v) is 2.69. The van der Waals surface area contributed by atoms with E-state index in [1.54, 1.807) is 13.2 Å². The number of para-hydroxylation sites is 1. The van der Waals surface area contributed by atoms with Gasteiger partial charge in [-0.25, -0.2) is 0 Å². The van der Waals surface area contributed by atoms with Gasteiger partial charge >= 0.3 is 0 Å². The van der Waals surface area contributed by atoms with E-state index >= 15 is 0 Å². The zero-order valence-electron chi connectivity index (χ0n) is 12.5. The molecule has 2 amide bonds. The summed E-state index contributed by atoms with van der Waals surface area (Å²) in [4.78, 5) is 25.3. The number of benzene rings is 1. The van der Waals surface area contributed by atoms with Gasteiger partial charge in [-0.3, -0.25) is 9.59 Å². The second kappa shape index (κ2) is 7.61. The number of hydrogen-bond acceptors (Lipinski definition) is 4. The molecule has 1 heterocycles. The molecular weight excluding hydrogens is 300 g/mol. The number of aryl methyl sites for hydroxylation is 1. The monoisotopic (exact) mass is 318 g/mol. The van der Waals surface area contributed by atoms with Crippen LogP contribution in [0.1, 0.15) is 20.1 Å². The van der Waals surface area contributed by atoms with Crippen LogP contribution >= 0.6 is 11.3 Å². The Morgan fingerprint density at radius 1 is 1.14 bits per heavy atom. The van der Waals surface area contributed by atoms with E-state index in [1.807, 2.05) is 37.3 Å². The second-order valence-electron chi connectivity index (χ2n) is 4.68. The smallest absolute Gasteiger partial charge is 0.261 e. The molecule has 0 aliphatic heterocycles. The molecule has 6 heteroatoms. The summed E-state index contributed by atoms with van der Waals surface area (Å²) in [6, 6.07) is 11.1. The molecule has 116 valence electrons. The van der Waals surface area contributed by atoms with E-state index in [2.05, 4.69) is 10.6 Å². The number of rotatable bonds is 6. The van der Waals surface area contributed by atoms with E-state index in [9.17, 15) is 9.59 Å². The van der Waals surface area contributed by atoms with Crippen molar-refractivity contribution < 1.29 is 14.3 Å². The van der Waals surface area contributed by atoms with Crippen molar-refractivity contribution in [2.24, 2.45) is 0 Å². The van der Waals surface area contributed by atoms with Gasteiger partial charge in [-0.05, 0) is 25.1 Å². The highest BCUT2D eigenvalue weighted by Gasteiger charge is 2.10. The van der Waals surface area contributed by atoms with E-state index in [-0.39, 0.29) is 18.4 Å². The van der Waals surface area contributed by atoms with Gasteiger partial charge in [-0.15, -0.1) is 11.3 Å². The van der Waals surface area contributed by atoms with Crippen LogP contribution in [-0.2, 0) is 11.3 Å². The van der Waals surface area contributed by atoms with Gasteiger partial charge < -0.3 is 15.4 Å². The molecule has 0 unspecified atom stereocenters. The second-order valence-corrected chi connectivity index (χ2v) is 5.97. The highest BCUT2D eigenvalue weighted by Crippen LogP contribution is 2.16. The van der Waals surface area contributed by atoms with Crippen LogP contribution in [0, 0.1) is 6.92 Å². The average Bonchev–Trinajstić information content (AvgIpc) is 2.97. The highest BCUT2D eigenvalue weighted by molar-refractivity contribution is 7.13. The van der Waals surface area contributed by atoms with Crippen molar-refractivity contribution in [3.05, 3.63) is 51.7 Å². The van der Waals surface area contributed by atoms with Crippen LogP contribution in [0.3, 0.4) is 0 Å². The molecule has 1 aromatic carbocycles. The molecule has 0 atom stereocenters. The van der Waals surface area contributed by atoms with Crippen LogP contribution in [0.25, 0.3) is 0 Å². The lowest BCUT2D eigenvalue weighted by molar-refractivity contribution is -0.120. The summed E-state index contributed by atoms with van der Waals surface area (Å²) in [6.45, 7) is 2.24. The quantitative estimate of drug-likeness (QED) is 0.857. The molecule has 0 aliphatic rings. The fourth-order valence-electron chi connectivity index (χ4n) is 1.91. The zero-order chi connectivity index (χ0) is 15.9. The molecule has 5 nitrogen and oxygen atoms in total. The number of ether oxygens (including phenoxy) is 1. The Balaban J connectivity index is 1.80. The minimum Gasteiger partial charge on any atom is -0.496 e. The maximum absolute atomic E-state index is 11.8. The summed E-state index contributed by atoms with van der Waals surface area (Å²) < 4.78 is 5.22. The standard InChI is InChI=1S/C16H18N2O3S/c1-11-7-8-14(22-11)16(20)18-10-15(19)17-9-12-5-3-4-6-13(12)21-2/h3-8H,9-10H2,1-2H3,(H,17,19)(H,18,20). The maximum Gasteiger partial charge on any atom is 0.261 e. The van der Waals surface area contributed by atoms with Crippen LogP contribution in [0.4, 0.5) is 0 Å². The summed E-state index contributed by atoms with van der Waals surface area (Å²) in [7, 11) is 1.59. The SMILES string of the molecule is COc1ccccc1CNC(=O)CNC(=O)c1ccc(C)s1. The topological polar surface area (TPSA) is 67.4 Å². The molecule has 0 aliphatic carbocycles. The molecule has 1 aromatic heterocycles. The predicted molar refractivity (Wildman–Crippen MR) is 86.2 cm³/mol. The Labute approximate surface area is 133 Å². The molecule has 0 bridgehead atoms. The van der Waals surface area contributed by atoms with Gasteiger partial charge in [-0.1, -0.05) is 18.2 Å². The van der Waals surface area contributed by atoms with Gasteiger partial charge in [0, 0.05) is 17.0 Å². The summed E-state index contributed by atoms with van der Waals surface area (Å²) >= 11 is 1.40. The third-order valence-corrected chi connectivity index (χ3v) is 4.04. The zero-order valence-corrected chi connectivity index (χ0v) is 13.3. The molecular formula is C16H18N2O3S. The van der Waals surface area contributed by atoms with E-state index in [0.29, 0.717) is 11.4 Å². The summed E-state index contributed by atoms with van der Waals surface area (Å²) in [6.07, 6.45) is 0. The Morgan fingerprint density at radius 3 is 2.59 bits per heavy atom. The molecule has 0 saturated heterocycles. The van der Waals surface area contributed by atoms with Crippen LogP contribution in [0.15, 0.2) is 36.4 Å². The minimum absolute atomic E-state index is 0.0507. The number of methoxy groups -OCH3 is 1.